The number of carbonyl (C=O) groups is 1. The van der Waals surface area contributed by atoms with Crippen LogP contribution in [-0.2, 0) is 12.1 Å². The molecule has 0 saturated heterocycles. The van der Waals surface area contributed by atoms with E-state index in [0.717, 1.165) is 16.3 Å². The van der Waals surface area contributed by atoms with Gasteiger partial charge in [-0.3, -0.25) is 4.79 Å². The first-order valence-electron chi connectivity index (χ1n) is 8.02. The van der Waals surface area contributed by atoms with Crippen molar-refractivity contribution in [2.24, 2.45) is 11.7 Å². The maximum atomic E-state index is 12.4. The van der Waals surface area contributed by atoms with Gasteiger partial charge in [0.15, 0.2) is 0 Å². The standard InChI is InChI=1S/C18H25N3O2S.ClH/c1-12(2)10-23-14-7-5-13(6-8-14)18(3,4)21-17(22)15-11-24-16(9-19)20-15;/h5-8,11-12H,9-10,19H2,1-4H3,(H,21,22);1H. The van der Waals surface area contributed by atoms with Gasteiger partial charge < -0.3 is 15.8 Å². The summed E-state index contributed by atoms with van der Waals surface area (Å²) in [6, 6.07) is 7.81. The van der Waals surface area contributed by atoms with Gasteiger partial charge in [0.05, 0.1) is 12.1 Å². The number of rotatable bonds is 7. The summed E-state index contributed by atoms with van der Waals surface area (Å²) in [5.74, 6) is 1.12. The molecule has 138 valence electrons. The zero-order valence-corrected chi connectivity index (χ0v) is 16.7. The lowest BCUT2D eigenvalue weighted by molar-refractivity contribution is 0.0907. The summed E-state index contributed by atoms with van der Waals surface area (Å²) in [7, 11) is 0. The summed E-state index contributed by atoms with van der Waals surface area (Å²) in [6.07, 6.45) is 0. The van der Waals surface area contributed by atoms with Crippen LogP contribution in [0.15, 0.2) is 29.6 Å². The molecule has 25 heavy (non-hydrogen) atoms. The Labute approximate surface area is 159 Å². The van der Waals surface area contributed by atoms with Crippen LogP contribution in [0.2, 0.25) is 0 Å². The number of nitrogens with zero attached hydrogens (tertiary/aromatic N) is 1. The van der Waals surface area contributed by atoms with Gasteiger partial charge in [-0.2, -0.15) is 0 Å². The second kappa shape index (κ2) is 9.17. The summed E-state index contributed by atoms with van der Waals surface area (Å²) < 4.78 is 5.69. The van der Waals surface area contributed by atoms with Crippen LogP contribution in [0, 0.1) is 5.92 Å². The Kier molecular flexibility index (Phi) is 7.86. The average Bonchev–Trinajstić information content (AvgIpc) is 3.02. The summed E-state index contributed by atoms with van der Waals surface area (Å²) >= 11 is 1.40. The molecule has 3 N–H and O–H groups in total. The molecule has 5 nitrogen and oxygen atoms in total. The van der Waals surface area contributed by atoms with E-state index in [9.17, 15) is 4.79 Å². The molecule has 7 heteroatoms. The van der Waals surface area contributed by atoms with E-state index in [1.54, 1.807) is 5.38 Å². The monoisotopic (exact) mass is 383 g/mol. The van der Waals surface area contributed by atoms with Crippen LogP contribution in [0.4, 0.5) is 0 Å². The Hall–Kier alpha value is -1.63. The Morgan fingerprint density at radius 1 is 1.32 bits per heavy atom. The number of nitrogens with two attached hydrogens (primary N) is 1. The van der Waals surface area contributed by atoms with Gasteiger partial charge in [0, 0.05) is 11.9 Å². The molecule has 1 aromatic heterocycles. The van der Waals surface area contributed by atoms with Crippen molar-refractivity contribution in [1.29, 1.82) is 0 Å². The average molecular weight is 384 g/mol. The highest BCUT2D eigenvalue weighted by atomic mass is 35.5. The van der Waals surface area contributed by atoms with Crippen molar-refractivity contribution >= 4 is 29.7 Å². The molecule has 1 amide bonds. The molecule has 0 fully saturated rings. The van der Waals surface area contributed by atoms with Crippen molar-refractivity contribution in [2.75, 3.05) is 6.61 Å². The number of hydrogen-bond donors (Lipinski definition) is 2. The minimum Gasteiger partial charge on any atom is -0.493 e. The normalized spacial score (nSPS) is 11.1. The highest BCUT2D eigenvalue weighted by molar-refractivity contribution is 7.09. The molecule has 0 saturated carbocycles. The third-order valence-electron chi connectivity index (χ3n) is 3.54. The lowest BCUT2D eigenvalue weighted by Crippen LogP contribution is -2.41. The molecule has 2 aromatic rings. The number of hydrogen-bond acceptors (Lipinski definition) is 5. The second-order valence-electron chi connectivity index (χ2n) is 6.64. The quantitative estimate of drug-likeness (QED) is 0.763. The lowest BCUT2D eigenvalue weighted by Gasteiger charge is -2.26. The van der Waals surface area contributed by atoms with Crippen LogP contribution in [0.25, 0.3) is 0 Å². The number of ether oxygens (including phenoxy) is 1. The number of thiazole rings is 1. The molecular formula is C18H26ClN3O2S. The Morgan fingerprint density at radius 2 is 1.96 bits per heavy atom. The van der Waals surface area contributed by atoms with Crippen LogP contribution in [0.1, 0.15) is 48.8 Å². The minimum atomic E-state index is -0.514. The highest BCUT2D eigenvalue weighted by Gasteiger charge is 2.24. The predicted octanol–water partition coefficient (Wildman–Crippen LogP) is 3.72. The number of nitrogens with one attached hydrogen (secondary N) is 1. The molecule has 0 unspecified atom stereocenters. The van der Waals surface area contributed by atoms with Gasteiger partial charge >= 0.3 is 0 Å². The van der Waals surface area contributed by atoms with E-state index in [-0.39, 0.29) is 18.3 Å². The molecular weight excluding hydrogens is 358 g/mol. The van der Waals surface area contributed by atoms with Crippen molar-refractivity contribution in [3.8, 4) is 5.75 Å². The van der Waals surface area contributed by atoms with E-state index in [2.05, 4.69) is 24.1 Å². The Bertz CT molecular complexity index is 684. The van der Waals surface area contributed by atoms with Crippen molar-refractivity contribution in [2.45, 2.75) is 39.8 Å². The van der Waals surface area contributed by atoms with E-state index in [1.807, 2.05) is 38.1 Å². The topological polar surface area (TPSA) is 77.2 Å². The zero-order valence-electron chi connectivity index (χ0n) is 15.0. The molecule has 0 aliphatic heterocycles. The van der Waals surface area contributed by atoms with Crippen LogP contribution in [-0.4, -0.2) is 17.5 Å². The molecule has 0 radical (unpaired) electrons. The summed E-state index contributed by atoms with van der Waals surface area (Å²) in [6.45, 7) is 9.19. The molecule has 1 aromatic carbocycles. The van der Waals surface area contributed by atoms with Gasteiger partial charge in [-0.05, 0) is 37.5 Å². The number of halogens is 1. The molecule has 2 rings (SSSR count). The Balaban J connectivity index is 0.00000312. The van der Waals surface area contributed by atoms with Crippen LogP contribution < -0.4 is 15.8 Å². The third kappa shape index (κ3) is 5.99. The molecule has 0 bridgehead atoms. The SMILES string of the molecule is CC(C)COc1ccc(C(C)(C)NC(=O)c2csc(CN)n2)cc1.Cl. The second-order valence-corrected chi connectivity index (χ2v) is 7.58. The first-order chi connectivity index (χ1) is 11.3. The summed E-state index contributed by atoms with van der Waals surface area (Å²) in [5.41, 5.74) is 6.44. The van der Waals surface area contributed by atoms with Crippen molar-refractivity contribution in [1.82, 2.24) is 10.3 Å². The third-order valence-corrected chi connectivity index (χ3v) is 4.42. The molecule has 1 heterocycles. The van der Waals surface area contributed by atoms with E-state index >= 15 is 0 Å². The van der Waals surface area contributed by atoms with Crippen LogP contribution in [0.5, 0.6) is 5.75 Å². The number of aromatic nitrogens is 1. The summed E-state index contributed by atoms with van der Waals surface area (Å²) in [4.78, 5) is 16.6. The zero-order chi connectivity index (χ0) is 17.7. The fourth-order valence-electron chi connectivity index (χ4n) is 2.16. The fraction of sp³-hybridized carbons (Fsp3) is 0.444. The molecule has 0 atom stereocenters. The molecule has 0 aliphatic rings. The molecule has 0 spiro atoms. The largest absolute Gasteiger partial charge is 0.493 e. The van der Waals surface area contributed by atoms with Gasteiger partial charge in [-0.1, -0.05) is 26.0 Å². The van der Waals surface area contributed by atoms with E-state index in [4.69, 9.17) is 10.5 Å². The van der Waals surface area contributed by atoms with Crippen LogP contribution in [0.3, 0.4) is 0 Å². The fourth-order valence-corrected chi connectivity index (χ4v) is 2.81. The Morgan fingerprint density at radius 3 is 2.48 bits per heavy atom. The summed E-state index contributed by atoms with van der Waals surface area (Å²) in [5, 5.41) is 5.51. The first-order valence-corrected chi connectivity index (χ1v) is 8.90. The van der Waals surface area contributed by atoms with Gasteiger partial charge in [0.2, 0.25) is 0 Å². The van der Waals surface area contributed by atoms with E-state index in [0.29, 0.717) is 24.8 Å². The van der Waals surface area contributed by atoms with Gasteiger partial charge in [-0.15, -0.1) is 23.7 Å². The lowest BCUT2D eigenvalue weighted by atomic mass is 9.94. The van der Waals surface area contributed by atoms with Gasteiger partial charge in [0.25, 0.3) is 5.91 Å². The highest BCUT2D eigenvalue weighted by Crippen LogP contribution is 2.24. The van der Waals surface area contributed by atoms with Gasteiger partial charge in [0.1, 0.15) is 16.5 Å². The predicted molar refractivity (Wildman–Crippen MR) is 105 cm³/mol. The van der Waals surface area contributed by atoms with Crippen molar-refractivity contribution in [3.63, 3.8) is 0 Å². The van der Waals surface area contributed by atoms with Crippen molar-refractivity contribution < 1.29 is 9.53 Å². The van der Waals surface area contributed by atoms with E-state index in [1.165, 1.54) is 11.3 Å². The van der Waals surface area contributed by atoms with Gasteiger partial charge in [-0.25, -0.2) is 4.98 Å². The smallest absolute Gasteiger partial charge is 0.271 e. The van der Waals surface area contributed by atoms with Crippen molar-refractivity contribution in [3.05, 3.63) is 45.9 Å². The number of carbonyl (C=O) groups excluding carboxylic acids is 1. The maximum Gasteiger partial charge on any atom is 0.271 e. The first kappa shape index (κ1) is 21.4. The van der Waals surface area contributed by atoms with Crippen LogP contribution >= 0.6 is 23.7 Å². The minimum absolute atomic E-state index is 0. The maximum absolute atomic E-state index is 12.4. The molecule has 0 aliphatic carbocycles. The number of amides is 1. The van der Waals surface area contributed by atoms with E-state index < -0.39 is 5.54 Å². The number of benzene rings is 1.